The predicted octanol–water partition coefficient (Wildman–Crippen LogP) is 0.808. The summed E-state index contributed by atoms with van der Waals surface area (Å²) in [7, 11) is 1.49. The van der Waals surface area contributed by atoms with E-state index in [0.717, 1.165) is 0 Å². The summed E-state index contributed by atoms with van der Waals surface area (Å²) >= 11 is 0. The third-order valence-electron chi connectivity index (χ3n) is 1.86. The van der Waals surface area contributed by atoms with Gasteiger partial charge in [-0.1, -0.05) is 0 Å². The molecule has 1 rings (SSSR count). The average molecular weight is 181 g/mol. The van der Waals surface area contributed by atoms with Crippen molar-refractivity contribution in [2.24, 2.45) is 5.73 Å². The summed E-state index contributed by atoms with van der Waals surface area (Å²) in [5, 5.41) is 9.33. The molecule has 0 aliphatic carbocycles. The Morgan fingerprint density at radius 1 is 1.54 bits per heavy atom. The number of hydrogen-bond donors (Lipinski definition) is 2. The second-order valence-electron chi connectivity index (χ2n) is 2.65. The Balaban J connectivity index is 3.38. The van der Waals surface area contributed by atoms with E-state index < -0.39 is 5.91 Å². The first-order valence-corrected chi connectivity index (χ1v) is 3.74. The maximum atomic E-state index is 10.9. The molecular weight excluding hydrogens is 170 g/mol. The molecule has 1 aromatic rings. The van der Waals surface area contributed by atoms with Crippen LogP contribution >= 0.6 is 0 Å². The maximum absolute atomic E-state index is 10.9. The van der Waals surface area contributed by atoms with Gasteiger partial charge in [0.2, 0.25) is 0 Å². The van der Waals surface area contributed by atoms with Gasteiger partial charge in [0, 0.05) is 5.56 Å². The van der Waals surface area contributed by atoms with Crippen molar-refractivity contribution in [3.63, 3.8) is 0 Å². The number of aromatic hydroxyl groups is 1. The third kappa shape index (κ3) is 1.56. The molecule has 0 aliphatic heterocycles. The minimum Gasteiger partial charge on any atom is -0.507 e. The summed E-state index contributed by atoms with van der Waals surface area (Å²) in [5.41, 5.74) is 5.75. The Bertz CT molecular complexity index is 347. The van der Waals surface area contributed by atoms with E-state index in [4.69, 9.17) is 10.5 Å². The van der Waals surface area contributed by atoms with E-state index in [2.05, 4.69) is 0 Å². The molecule has 3 N–H and O–H groups in total. The summed E-state index contributed by atoms with van der Waals surface area (Å²) < 4.78 is 4.97. The smallest absolute Gasteiger partial charge is 0.252 e. The maximum Gasteiger partial charge on any atom is 0.252 e. The molecule has 0 aliphatic rings. The lowest BCUT2D eigenvalue weighted by Crippen LogP contribution is -2.13. The number of benzene rings is 1. The van der Waals surface area contributed by atoms with E-state index >= 15 is 0 Å². The van der Waals surface area contributed by atoms with Gasteiger partial charge in [0.1, 0.15) is 11.5 Å². The van der Waals surface area contributed by atoms with Crippen LogP contribution in [0, 0.1) is 6.92 Å². The van der Waals surface area contributed by atoms with E-state index in [9.17, 15) is 9.90 Å². The minimum atomic E-state index is -0.658. The lowest BCUT2D eigenvalue weighted by atomic mass is 10.1. The number of hydrogen-bond acceptors (Lipinski definition) is 3. The van der Waals surface area contributed by atoms with Crippen molar-refractivity contribution in [1.82, 2.24) is 0 Å². The summed E-state index contributed by atoms with van der Waals surface area (Å²) in [6, 6.07) is 2.96. The zero-order valence-corrected chi connectivity index (χ0v) is 7.50. The third-order valence-corrected chi connectivity index (χ3v) is 1.86. The largest absolute Gasteiger partial charge is 0.507 e. The highest BCUT2D eigenvalue weighted by Gasteiger charge is 2.14. The number of carbonyl (C=O) groups excluding carboxylic acids is 1. The number of primary amides is 1. The van der Waals surface area contributed by atoms with E-state index in [1.807, 2.05) is 0 Å². The summed E-state index contributed by atoms with van der Waals surface area (Å²) in [6.45, 7) is 1.67. The quantitative estimate of drug-likeness (QED) is 0.709. The first-order chi connectivity index (χ1) is 6.07. The topological polar surface area (TPSA) is 72.6 Å². The van der Waals surface area contributed by atoms with Crippen molar-refractivity contribution in [2.45, 2.75) is 6.92 Å². The average Bonchev–Trinajstić information content (AvgIpc) is 2.04. The Morgan fingerprint density at radius 3 is 2.62 bits per heavy atom. The Labute approximate surface area is 75.9 Å². The molecule has 0 aromatic heterocycles. The SMILES string of the molecule is COc1ccc(O)c(C(N)=O)c1C. The van der Waals surface area contributed by atoms with Crippen LogP contribution in [0.2, 0.25) is 0 Å². The van der Waals surface area contributed by atoms with Gasteiger partial charge >= 0.3 is 0 Å². The van der Waals surface area contributed by atoms with Crippen LogP contribution < -0.4 is 10.5 Å². The van der Waals surface area contributed by atoms with Gasteiger partial charge in [-0.2, -0.15) is 0 Å². The predicted molar refractivity (Wildman–Crippen MR) is 47.9 cm³/mol. The second-order valence-corrected chi connectivity index (χ2v) is 2.65. The van der Waals surface area contributed by atoms with E-state index in [1.165, 1.54) is 13.2 Å². The summed E-state index contributed by atoms with van der Waals surface area (Å²) in [5.74, 6) is -0.244. The Morgan fingerprint density at radius 2 is 2.15 bits per heavy atom. The van der Waals surface area contributed by atoms with Gasteiger partial charge in [0.25, 0.3) is 5.91 Å². The van der Waals surface area contributed by atoms with E-state index in [0.29, 0.717) is 11.3 Å². The fourth-order valence-corrected chi connectivity index (χ4v) is 1.21. The molecule has 0 radical (unpaired) electrons. The molecule has 0 bridgehead atoms. The standard InChI is InChI=1S/C9H11NO3/c1-5-7(13-2)4-3-6(11)8(5)9(10)12/h3-4,11H,1-2H3,(H2,10,12). The zero-order chi connectivity index (χ0) is 10.0. The van der Waals surface area contributed by atoms with Crippen LogP contribution in [0.25, 0.3) is 0 Å². The Hall–Kier alpha value is -1.71. The van der Waals surface area contributed by atoms with Crippen molar-refractivity contribution in [2.75, 3.05) is 7.11 Å². The van der Waals surface area contributed by atoms with Gasteiger partial charge in [0.05, 0.1) is 12.7 Å². The molecule has 1 amide bonds. The van der Waals surface area contributed by atoms with Crippen molar-refractivity contribution in [3.05, 3.63) is 23.3 Å². The molecule has 70 valence electrons. The summed E-state index contributed by atoms with van der Waals surface area (Å²) in [4.78, 5) is 10.9. The number of amides is 1. The molecule has 1 aromatic carbocycles. The minimum absolute atomic E-state index is 0.111. The van der Waals surface area contributed by atoms with Crippen molar-refractivity contribution in [3.8, 4) is 11.5 Å². The normalized spacial score (nSPS) is 9.69. The van der Waals surface area contributed by atoms with Crippen molar-refractivity contribution < 1.29 is 14.6 Å². The van der Waals surface area contributed by atoms with Crippen LogP contribution in [0.5, 0.6) is 11.5 Å². The van der Waals surface area contributed by atoms with Crippen LogP contribution in [-0.4, -0.2) is 18.1 Å². The molecule has 0 unspecified atom stereocenters. The van der Waals surface area contributed by atoms with Crippen molar-refractivity contribution in [1.29, 1.82) is 0 Å². The molecule has 4 nitrogen and oxygen atoms in total. The zero-order valence-electron chi connectivity index (χ0n) is 7.50. The molecule has 0 atom stereocenters. The van der Waals surface area contributed by atoms with Gasteiger partial charge < -0.3 is 15.6 Å². The fraction of sp³-hybridized carbons (Fsp3) is 0.222. The van der Waals surface area contributed by atoms with E-state index in [1.54, 1.807) is 13.0 Å². The molecule has 0 heterocycles. The van der Waals surface area contributed by atoms with Crippen LogP contribution in [0.3, 0.4) is 0 Å². The molecule has 0 spiro atoms. The molecule has 0 saturated heterocycles. The van der Waals surface area contributed by atoms with Gasteiger partial charge in [-0.15, -0.1) is 0 Å². The first kappa shape index (κ1) is 9.38. The van der Waals surface area contributed by atoms with Gasteiger partial charge in [-0.05, 0) is 19.1 Å². The van der Waals surface area contributed by atoms with Crippen LogP contribution in [-0.2, 0) is 0 Å². The highest BCUT2D eigenvalue weighted by atomic mass is 16.5. The fourth-order valence-electron chi connectivity index (χ4n) is 1.21. The molecular formula is C9H11NO3. The van der Waals surface area contributed by atoms with Crippen LogP contribution in [0.4, 0.5) is 0 Å². The second kappa shape index (κ2) is 3.35. The molecule has 0 fully saturated rings. The molecule has 0 saturated carbocycles. The lowest BCUT2D eigenvalue weighted by Gasteiger charge is -2.08. The van der Waals surface area contributed by atoms with Gasteiger partial charge in [-0.25, -0.2) is 0 Å². The highest BCUT2D eigenvalue weighted by Crippen LogP contribution is 2.28. The number of carbonyl (C=O) groups is 1. The van der Waals surface area contributed by atoms with Crippen molar-refractivity contribution >= 4 is 5.91 Å². The van der Waals surface area contributed by atoms with Gasteiger partial charge in [-0.3, -0.25) is 4.79 Å². The number of methoxy groups -OCH3 is 1. The lowest BCUT2D eigenvalue weighted by molar-refractivity contribution is 0.0996. The van der Waals surface area contributed by atoms with E-state index in [-0.39, 0.29) is 11.3 Å². The Kier molecular flexibility index (Phi) is 2.41. The molecule has 4 heteroatoms. The monoisotopic (exact) mass is 181 g/mol. The van der Waals surface area contributed by atoms with Crippen LogP contribution in [0.1, 0.15) is 15.9 Å². The summed E-state index contributed by atoms with van der Waals surface area (Å²) in [6.07, 6.45) is 0. The first-order valence-electron chi connectivity index (χ1n) is 3.74. The number of phenols is 1. The highest BCUT2D eigenvalue weighted by molar-refractivity contribution is 5.97. The van der Waals surface area contributed by atoms with Crippen LogP contribution in [0.15, 0.2) is 12.1 Å². The number of nitrogens with two attached hydrogens (primary N) is 1. The number of rotatable bonds is 2. The van der Waals surface area contributed by atoms with Gasteiger partial charge in [0.15, 0.2) is 0 Å². The number of ether oxygens (including phenoxy) is 1. The molecule has 13 heavy (non-hydrogen) atoms.